The van der Waals surface area contributed by atoms with E-state index in [4.69, 9.17) is 11.5 Å². The maximum atomic E-state index is 5.59. The fourth-order valence-electron chi connectivity index (χ4n) is 1.10. The lowest BCUT2D eigenvalue weighted by Crippen LogP contribution is -2.28. The Kier molecular flexibility index (Phi) is 3.57. The van der Waals surface area contributed by atoms with E-state index in [-0.39, 0.29) is 11.4 Å². The molecule has 5 nitrogen and oxygen atoms in total. The summed E-state index contributed by atoms with van der Waals surface area (Å²) in [7, 11) is 0. The highest BCUT2D eigenvalue weighted by molar-refractivity contribution is 5.48. The molecule has 1 aromatic rings. The van der Waals surface area contributed by atoms with E-state index in [1.54, 1.807) is 6.07 Å². The minimum atomic E-state index is 0.189. The maximum Gasteiger partial charge on any atom is 0.223 e. The van der Waals surface area contributed by atoms with Crippen LogP contribution in [0.5, 0.6) is 0 Å². The smallest absolute Gasteiger partial charge is 0.223 e. The number of anilines is 3. The Morgan fingerprint density at radius 2 is 1.94 bits per heavy atom. The summed E-state index contributed by atoms with van der Waals surface area (Å²) >= 11 is 0. The van der Waals surface area contributed by atoms with E-state index in [2.05, 4.69) is 43.0 Å². The van der Waals surface area contributed by atoms with Gasteiger partial charge in [-0.05, 0) is 11.3 Å². The zero-order chi connectivity index (χ0) is 12.3. The van der Waals surface area contributed by atoms with Crippen LogP contribution in [0.1, 0.15) is 27.7 Å². The van der Waals surface area contributed by atoms with Crippen LogP contribution in [-0.2, 0) is 0 Å². The quantitative estimate of drug-likeness (QED) is 0.723. The fraction of sp³-hybridized carbons (Fsp3) is 0.636. The van der Waals surface area contributed by atoms with Crippen molar-refractivity contribution >= 4 is 17.6 Å². The zero-order valence-electron chi connectivity index (χ0n) is 10.4. The Morgan fingerprint density at radius 3 is 2.44 bits per heavy atom. The van der Waals surface area contributed by atoms with Crippen LogP contribution in [0.25, 0.3) is 0 Å². The van der Waals surface area contributed by atoms with Crippen LogP contribution in [0.15, 0.2) is 6.07 Å². The summed E-state index contributed by atoms with van der Waals surface area (Å²) in [6.07, 6.45) is 0. The van der Waals surface area contributed by atoms with E-state index in [0.717, 1.165) is 6.54 Å². The summed E-state index contributed by atoms with van der Waals surface area (Å²) < 4.78 is 0. The highest BCUT2D eigenvalue weighted by Crippen LogP contribution is 2.26. The van der Waals surface area contributed by atoms with Crippen molar-refractivity contribution in [2.24, 2.45) is 11.3 Å². The van der Waals surface area contributed by atoms with Crippen LogP contribution in [-0.4, -0.2) is 16.5 Å². The second-order valence-corrected chi connectivity index (χ2v) is 5.03. The molecule has 1 heterocycles. The first-order chi connectivity index (χ1) is 7.31. The normalized spacial score (nSPS) is 11.8. The third-order valence-corrected chi connectivity index (χ3v) is 3.05. The molecule has 0 spiro atoms. The third-order valence-electron chi connectivity index (χ3n) is 3.05. The van der Waals surface area contributed by atoms with Gasteiger partial charge in [0.05, 0.1) is 0 Å². The molecule has 0 amide bonds. The number of rotatable bonds is 4. The van der Waals surface area contributed by atoms with Crippen LogP contribution >= 0.6 is 0 Å². The van der Waals surface area contributed by atoms with Gasteiger partial charge >= 0.3 is 0 Å². The summed E-state index contributed by atoms with van der Waals surface area (Å²) in [5.41, 5.74) is 11.3. The standard InChI is InChI=1S/C11H21N5/c1-7(2)11(3,4)6-14-9-5-8(12)15-10(13)16-9/h5,7H,6H2,1-4H3,(H5,12,13,14,15,16). The van der Waals surface area contributed by atoms with Gasteiger partial charge in [-0.25, -0.2) is 0 Å². The molecule has 0 radical (unpaired) electrons. The van der Waals surface area contributed by atoms with Gasteiger partial charge in [0.15, 0.2) is 0 Å². The number of hydrogen-bond acceptors (Lipinski definition) is 5. The van der Waals surface area contributed by atoms with Gasteiger partial charge in [0.1, 0.15) is 11.6 Å². The molecular weight excluding hydrogens is 202 g/mol. The van der Waals surface area contributed by atoms with Crippen molar-refractivity contribution in [1.82, 2.24) is 9.97 Å². The predicted molar refractivity (Wildman–Crippen MR) is 68.0 cm³/mol. The molecule has 0 aliphatic rings. The molecule has 1 aromatic heterocycles. The third kappa shape index (κ3) is 3.25. The summed E-state index contributed by atoms with van der Waals surface area (Å²) in [6, 6.07) is 1.69. The Hall–Kier alpha value is -1.52. The number of nitrogens with one attached hydrogen (secondary N) is 1. The predicted octanol–water partition coefficient (Wildman–Crippen LogP) is 1.74. The molecular formula is C11H21N5. The number of aromatic nitrogens is 2. The summed E-state index contributed by atoms with van der Waals surface area (Å²) in [4.78, 5) is 7.89. The molecule has 0 aromatic carbocycles. The van der Waals surface area contributed by atoms with Crippen LogP contribution < -0.4 is 16.8 Å². The average molecular weight is 223 g/mol. The van der Waals surface area contributed by atoms with E-state index in [1.165, 1.54) is 0 Å². The molecule has 0 fully saturated rings. The lowest BCUT2D eigenvalue weighted by atomic mass is 9.81. The molecule has 0 bridgehead atoms. The van der Waals surface area contributed by atoms with Crippen molar-refractivity contribution in [1.29, 1.82) is 0 Å². The molecule has 0 aliphatic heterocycles. The maximum absolute atomic E-state index is 5.59. The molecule has 0 atom stereocenters. The lowest BCUT2D eigenvalue weighted by Gasteiger charge is -2.29. The second kappa shape index (κ2) is 4.55. The zero-order valence-corrected chi connectivity index (χ0v) is 10.4. The van der Waals surface area contributed by atoms with E-state index in [0.29, 0.717) is 17.6 Å². The van der Waals surface area contributed by atoms with E-state index >= 15 is 0 Å². The van der Waals surface area contributed by atoms with Crippen molar-refractivity contribution in [2.45, 2.75) is 27.7 Å². The van der Waals surface area contributed by atoms with E-state index in [9.17, 15) is 0 Å². The molecule has 0 unspecified atom stereocenters. The Labute approximate surface area is 96.7 Å². The van der Waals surface area contributed by atoms with Gasteiger partial charge in [-0.1, -0.05) is 27.7 Å². The van der Waals surface area contributed by atoms with E-state index < -0.39 is 0 Å². The highest BCUT2D eigenvalue weighted by atomic mass is 15.1. The minimum absolute atomic E-state index is 0.189. The van der Waals surface area contributed by atoms with Crippen molar-refractivity contribution in [3.8, 4) is 0 Å². The molecule has 0 saturated carbocycles. The molecule has 5 N–H and O–H groups in total. The van der Waals surface area contributed by atoms with Gasteiger partial charge in [0.2, 0.25) is 5.95 Å². The second-order valence-electron chi connectivity index (χ2n) is 5.03. The molecule has 90 valence electrons. The van der Waals surface area contributed by atoms with Crippen LogP contribution in [0, 0.1) is 11.3 Å². The Morgan fingerprint density at radius 1 is 1.31 bits per heavy atom. The fourth-order valence-corrected chi connectivity index (χ4v) is 1.10. The van der Waals surface area contributed by atoms with Crippen LogP contribution in [0.4, 0.5) is 17.6 Å². The molecule has 1 rings (SSSR count). The van der Waals surface area contributed by atoms with Gasteiger partial charge < -0.3 is 16.8 Å². The van der Waals surface area contributed by atoms with Gasteiger partial charge in [0.25, 0.3) is 0 Å². The van der Waals surface area contributed by atoms with Gasteiger partial charge in [-0.15, -0.1) is 0 Å². The van der Waals surface area contributed by atoms with Gasteiger partial charge in [-0.2, -0.15) is 9.97 Å². The number of nitrogens with two attached hydrogens (primary N) is 2. The molecule has 0 aliphatic carbocycles. The first-order valence-corrected chi connectivity index (χ1v) is 5.45. The van der Waals surface area contributed by atoms with Crippen molar-refractivity contribution in [2.75, 3.05) is 23.3 Å². The first kappa shape index (κ1) is 12.5. The lowest BCUT2D eigenvalue weighted by molar-refractivity contribution is 0.269. The largest absolute Gasteiger partial charge is 0.383 e. The molecule has 5 heteroatoms. The SMILES string of the molecule is CC(C)C(C)(C)CNc1cc(N)nc(N)n1. The summed E-state index contributed by atoms with van der Waals surface area (Å²) in [5, 5.41) is 3.24. The number of nitrogen functional groups attached to an aromatic ring is 2. The van der Waals surface area contributed by atoms with Gasteiger partial charge in [0, 0.05) is 12.6 Å². The Bertz CT molecular complexity index is 339. The first-order valence-electron chi connectivity index (χ1n) is 5.45. The summed E-state index contributed by atoms with van der Waals surface area (Å²) in [6.45, 7) is 9.63. The average Bonchev–Trinajstić information content (AvgIpc) is 2.13. The van der Waals surface area contributed by atoms with Crippen molar-refractivity contribution < 1.29 is 0 Å². The monoisotopic (exact) mass is 223 g/mol. The summed E-state index contributed by atoms with van der Waals surface area (Å²) in [5.74, 6) is 1.84. The van der Waals surface area contributed by atoms with Crippen molar-refractivity contribution in [3.05, 3.63) is 6.07 Å². The molecule has 16 heavy (non-hydrogen) atoms. The topological polar surface area (TPSA) is 89.8 Å². The Balaban J connectivity index is 2.68. The molecule has 0 saturated heterocycles. The van der Waals surface area contributed by atoms with Gasteiger partial charge in [-0.3, -0.25) is 0 Å². The minimum Gasteiger partial charge on any atom is -0.383 e. The number of hydrogen-bond donors (Lipinski definition) is 3. The number of nitrogens with zero attached hydrogens (tertiary/aromatic N) is 2. The van der Waals surface area contributed by atoms with Crippen molar-refractivity contribution in [3.63, 3.8) is 0 Å². The van der Waals surface area contributed by atoms with Crippen LogP contribution in [0.3, 0.4) is 0 Å². The van der Waals surface area contributed by atoms with Crippen LogP contribution in [0.2, 0.25) is 0 Å². The highest BCUT2D eigenvalue weighted by Gasteiger charge is 2.22. The van der Waals surface area contributed by atoms with E-state index in [1.807, 2.05) is 0 Å².